The van der Waals surface area contributed by atoms with Gasteiger partial charge in [0.1, 0.15) is 5.75 Å². The summed E-state index contributed by atoms with van der Waals surface area (Å²) in [4.78, 5) is 42.2. The summed E-state index contributed by atoms with van der Waals surface area (Å²) in [6.45, 7) is 5.95. The van der Waals surface area contributed by atoms with E-state index in [0.717, 1.165) is 22.3 Å². The molecule has 3 aromatic carbocycles. The van der Waals surface area contributed by atoms with Gasteiger partial charge in [0.15, 0.2) is 6.61 Å². The first-order valence-electron chi connectivity index (χ1n) is 15.7. The van der Waals surface area contributed by atoms with E-state index >= 15 is 0 Å². The second-order valence-corrected chi connectivity index (χ2v) is 12.0. The van der Waals surface area contributed by atoms with Crippen LogP contribution in [0.1, 0.15) is 42.0 Å². The van der Waals surface area contributed by atoms with Crippen LogP contribution in [0.4, 0.5) is 0 Å². The maximum absolute atomic E-state index is 13.2. The number of nitrogens with one attached hydrogen (secondary N) is 2. The van der Waals surface area contributed by atoms with Crippen molar-refractivity contribution in [3.8, 4) is 5.75 Å². The third kappa shape index (κ3) is 10.7. The van der Waals surface area contributed by atoms with E-state index in [0.29, 0.717) is 25.1 Å². The van der Waals surface area contributed by atoms with Gasteiger partial charge in [0.2, 0.25) is 5.91 Å². The van der Waals surface area contributed by atoms with Crippen molar-refractivity contribution < 1.29 is 19.4 Å². The monoisotopic (exact) mass is 624 g/mol. The summed E-state index contributed by atoms with van der Waals surface area (Å²) in [5.41, 5.74) is 3.50. The Morgan fingerprint density at radius 1 is 0.848 bits per heavy atom. The molecule has 0 fully saturated rings. The number of aliphatic hydroxyl groups excluding tert-OH is 1. The van der Waals surface area contributed by atoms with Crippen LogP contribution in [0.2, 0.25) is 0 Å². The smallest absolute Gasteiger partial charge is 0.347 e. The Bertz CT molecular complexity index is 1590. The molecule has 0 radical (unpaired) electrons. The molecule has 0 saturated carbocycles. The van der Waals surface area contributed by atoms with Crippen LogP contribution in [-0.4, -0.2) is 51.3 Å². The molecule has 1 unspecified atom stereocenters. The highest BCUT2D eigenvalue weighted by Gasteiger charge is 2.27. The lowest BCUT2D eigenvalue weighted by atomic mass is 9.93. The summed E-state index contributed by atoms with van der Waals surface area (Å²) in [5, 5.41) is 17.7. The van der Waals surface area contributed by atoms with Gasteiger partial charge in [-0.1, -0.05) is 85.8 Å². The van der Waals surface area contributed by atoms with Gasteiger partial charge in [-0.15, -0.1) is 0 Å². The molecule has 0 saturated heterocycles. The number of aromatic nitrogens is 2. The molecule has 4 rings (SSSR count). The Morgan fingerprint density at radius 2 is 1.48 bits per heavy atom. The van der Waals surface area contributed by atoms with Crippen molar-refractivity contribution in [2.45, 2.75) is 71.2 Å². The Labute approximate surface area is 270 Å². The largest absolute Gasteiger partial charge is 0.483 e. The number of rotatable bonds is 16. The predicted octanol–water partition coefficient (Wildman–Crippen LogP) is 4.17. The molecule has 0 bridgehead atoms. The average Bonchev–Trinajstić information content (AvgIpc) is 3.02. The van der Waals surface area contributed by atoms with Gasteiger partial charge in [-0.25, -0.2) is 9.78 Å². The van der Waals surface area contributed by atoms with Crippen molar-refractivity contribution in [1.29, 1.82) is 0 Å². The normalized spacial score (nSPS) is 13.7. The lowest BCUT2D eigenvalue weighted by Gasteiger charge is -2.29. The summed E-state index contributed by atoms with van der Waals surface area (Å²) in [5.74, 6) is 0.0336. The Kier molecular flexibility index (Phi) is 12.7. The van der Waals surface area contributed by atoms with Gasteiger partial charge in [0.25, 0.3) is 5.91 Å². The van der Waals surface area contributed by atoms with Gasteiger partial charge >= 0.3 is 5.69 Å². The zero-order valence-electron chi connectivity index (χ0n) is 26.8. The zero-order chi connectivity index (χ0) is 32.9. The summed E-state index contributed by atoms with van der Waals surface area (Å²) < 4.78 is 7.37. The van der Waals surface area contributed by atoms with Crippen LogP contribution < -0.4 is 21.1 Å². The molecule has 1 aromatic heterocycles. The van der Waals surface area contributed by atoms with Crippen LogP contribution in [-0.2, 0) is 29.0 Å². The number of aryl methyl sites for hydroxylation is 2. The number of amides is 2. The van der Waals surface area contributed by atoms with Gasteiger partial charge in [0, 0.05) is 31.4 Å². The number of para-hydroxylation sites is 1. The van der Waals surface area contributed by atoms with E-state index in [9.17, 15) is 19.5 Å². The molecule has 0 aliphatic rings. The summed E-state index contributed by atoms with van der Waals surface area (Å²) >= 11 is 0. The number of benzene rings is 3. The minimum absolute atomic E-state index is 0.119. The minimum atomic E-state index is -0.968. The van der Waals surface area contributed by atoms with Crippen molar-refractivity contribution in [2.24, 2.45) is 5.92 Å². The lowest BCUT2D eigenvalue weighted by Crippen LogP contribution is -2.49. The first-order chi connectivity index (χ1) is 22.2. The van der Waals surface area contributed by atoms with Gasteiger partial charge in [-0.3, -0.25) is 14.2 Å². The molecule has 9 heteroatoms. The summed E-state index contributed by atoms with van der Waals surface area (Å²) in [7, 11) is 0. The Balaban J connectivity index is 1.45. The molecule has 4 aromatic rings. The molecule has 2 amide bonds. The number of hydrogen-bond donors (Lipinski definition) is 3. The topological polar surface area (TPSA) is 123 Å². The molecular formula is C37H44N4O5. The molecule has 1 heterocycles. The molecule has 0 spiro atoms. The van der Waals surface area contributed by atoms with E-state index in [4.69, 9.17) is 4.74 Å². The second kappa shape index (κ2) is 17.1. The van der Waals surface area contributed by atoms with Crippen LogP contribution >= 0.6 is 0 Å². The third-order valence-electron chi connectivity index (χ3n) is 7.91. The van der Waals surface area contributed by atoms with E-state index in [-0.39, 0.29) is 42.9 Å². The number of hydrogen-bond acceptors (Lipinski definition) is 6. The minimum Gasteiger partial charge on any atom is -0.483 e. The average molecular weight is 625 g/mol. The van der Waals surface area contributed by atoms with Crippen LogP contribution in [0, 0.1) is 19.8 Å². The summed E-state index contributed by atoms with van der Waals surface area (Å²) in [6, 6.07) is 25.9. The highest BCUT2D eigenvalue weighted by Crippen LogP contribution is 2.22. The predicted molar refractivity (Wildman–Crippen MR) is 178 cm³/mol. The number of carbonyl (C=O) groups is 2. The molecule has 0 aliphatic heterocycles. The van der Waals surface area contributed by atoms with Gasteiger partial charge in [0.05, 0.1) is 12.1 Å². The van der Waals surface area contributed by atoms with Crippen molar-refractivity contribution in [3.05, 3.63) is 130 Å². The van der Waals surface area contributed by atoms with Crippen molar-refractivity contribution in [3.63, 3.8) is 0 Å². The Hall–Kier alpha value is -4.76. The number of ether oxygens (including phenoxy) is 1. The van der Waals surface area contributed by atoms with Crippen LogP contribution in [0.5, 0.6) is 5.75 Å². The lowest BCUT2D eigenvalue weighted by molar-refractivity contribution is -0.125. The first-order valence-corrected chi connectivity index (χ1v) is 15.7. The van der Waals surface area contributed by atoms with Crippen LogP contribution in [0.25, 0.3) is 0 Å². The fraction of sp³-hybridized carbons (Fsp3) is 0.351. The fourth-order valence-corrected chi connectivity index (χ4v) is 5.64. The first kappa shape index (κ1) is 34.1. The molecule has 46 heavy (non-hydrogen) atoms. The van der Waals surface area contributed by atoms with Gasteiger partial charge < -0.3 is 20.5 Å². The highest BCUT2D eigenvalue weighted by atomic mass is 16.5. The standard InChI is InChI=1S/C37H44N4O5/c1-26(24-41-19-11-18-38-37(41)45)20-34(43)39-31(21-29-14-6-4-7-15-29)23-33(42)32(22-30-16-8-5-9-17-30)40-35(44)25-46-36-27(2)12-10-13-28(36)3/h4-19,26,31-33,42H,20-25H2,1-3H3,(H,39,43)(H,40,44)/t26?,31-,32-,33-/m0/s1. The SMILES string of the molecule is Cc1cccc(C)c1OCC(=O)N[C@@H](Cc1ccccc1)[C@@H](O)C[C@H](Cc1ccccc1)NC(=O)CC(C)Cn1cccnc1=O. The van der Waals surface area contributed by atoms with Crippen molar-refractivity contribution in [1.82, 2.24) is 20.2 Å². The molecule has 9 nitrogen and oxygen atoms in total. The molecule has 3 N–H and O–H groups in total. The van der Waals surface area contributed by atoms with E-state index in [2.05, 4.69) is 15.6 Å². The van der Waals surface area contributed by atoms with E-state index < -0.39 is 18.2 Å². The summed E-state index contributed by atoms with van der Waals surface area (Å²) in [6.07, 6.45) is 3.45. The third-order valence-corrected chi connectivity index (χ3v) is 7.91. The Morgan fingerprint density at radius 3 is 2.11 bits per heavy atom. The van der Waals surface area contributed by atoms with Crippen LogP contribution in [0.15, 0.2) is 102 Å². The maximum Gasteiger partial charge on any atom is 0.347 e. The van der Waals surface area contributed by atoms with Crippen molar-refractivity contribution in [2.75, 3.05) is 6.61 Å². The van der Waals surface area contributed by atoms with E-state index in [1.807, 2.05) is 99.6 Å². The molecule has 242 valence electrons. The number of carbonyl (C=O) groups excluding carboxylic acids is 2. The maximum atomic E-state index is 13.2. The van der Waals surface area contributed by atoms with Gasteiger partial charge in [-0.2, -0.15) is 0 Å². The van der Waals surface area contributed by atoms with E-state index in [1.165, 1.54) is 10.8 Å². The fourth-order valence-electron chi connectivity index (χ4n) is 5.64. The van der Waals surface area contributed by atoms with Crippen molar-refractivity contribution >= 4 is 11.8 Å². The quantitative estimate of drug-likeness (QED) is 0.172. The van der Waals surface area contributed by atoms with E-state index in [1.54, 1.807) is 12.3 Å². The molecule has 4 atom stereocenters. The second-order valence-electron chi connectivity index (χ2n) is 12.0. The number of nitrogens with zero attached hydrogens (tertiary/aromatic N) is 2. The zero-order valence-corrected chi connectivity index (χ0v) is 26.8. The number of aliphatic hydroxyl groups is 1. The van der Waals surface area contributed by atoms with Crippen LogP contribution in [0.3, 0.4) is 0 Å². The molecular weight excluding hydrogens is 580 g/mol. The molecule has 0 aliphatic carbocycles. The highest BCUT2D eigenvalue weighted by molar-refractivity contribution is 5.78. The van der Waals surface area contributed by atoms with Gasteiger partial charge in [-0.05, 0) is 67.3 Å².